The van der Waals surface area contributed by atoms with Gasteiger partial charge in [-0.3, -0.25) is 9.48 Å². The van der Waals surface area contributed by atoms with Gasteiger partial charge in [0.1, 0.15) is 11.3 Å². The molecule has 0 bridgehead atoms. The first-order valence-electron chi connectivity index (χ1n) is 8.82. The summed E-state index contributed by atoms with van der Waals surface area (Å²) in [6.45, 7) is 1.99. The highest BCUT2D eigenvalue weighted by Crippen LogP contribution is 2.26. The quantitative estimate of drug-likeness (QED) is 0.508. The highest BCUT2D eigenvalue weighted by atomic mass is 16.3. The summed E-state index contributed by atoms with van der Waals surface area (Å²) < 4.78 is 7.79. The molecule has 0 radical (unpaired) electrons. The van der Waals surface area contributed by atoms with Crippen LogP contribution in [0.15, 0.2) is 70.1 Å². The van der Waals surface area contributed by atoms with Gasteiger partial charge in [-0.1, -0.05) is 55.2 Å². The van der Waals surface area contributed by atoms with Gasteiger partial charge in [-0.15, -0.1) is 0 Å². The summed E-state index contributed by atoms with van der Waals surface area (Å²) in [5, 5.41) is 4.64. The first kappa shape index (κ1) is 16.9. The molecule has 0 unspecified atom stereocenters. The average molecular weight is 354 g/mol. The molecule has 0 N–H and O–H groups in total. The third-order valence-corrected chi connectivity index (χ3v) is 4.42. The summed E-state index contributed by atoms with van der Waals surface area (Å²) in [7, 11) is 1.84. The largest absolute Gasteiger partial charge is 0.460 e. The van der Waals surface area contributed by atoms with E-state index in [1.54, 1.807) is 10.9 Å². The van der Waals surface area contributed by atoms with E-state index in [0.29, 0.717) is 34.3 Å². The van der Waals surface area contributed by atoms with E-state index < -0.39 is 0 Å². The second-order valence-corrected chi connectivity index (χ2v) is 6.28. The van der Waals surface area contributed by atoms with Crippen LogP contribution < -0.4 is 5.43 Å². The zero-order valence-electron chi connectivity index (χ0n) is 15.2. The maximum Gasteiger partial charge on any atom is 0.202 e. The summed E-state index contributed by atoms with van der Waals surface area (Å²) in [4.78, 5) is 13.4. The van der Waals surface area contributed by atoms with Crippen LogP contribution in [0.25, 0.3) is 22.1 Å². The van der Waals surface area contributed by atoms with E-state index in [9.17, 15) is 4.79 Å². The highest BCUT2D eigenvalue weighted by Gasteiger charge is 2.16. The van der Waals surface area contributed by atoms with E-state index in [4.69, 9.17) is 4.42 Å². The molecule has 0 saturated carbocycles. The van der Waals surface area contributed by atoms with Crippen molar-refractivity contribution in [3.63, 3.8) is 0 Å². The standard InChI is InChI=1S/C23H18N2O2/c1-3-19-21(17-8-5-4-6-9-17)23(26)22-18(10-7-11-20(22)27-19)13-12-16-14-24-25(2)15-16/h4-11,14-15H,3H2,1-2H3. The Morgan fingerprint density at radius 1 is 1.07 bits per heavy atom. The lowest BCUT2D eigenvalue weighted by Crippen LogP contribution is -2.10. The Labute approximate surface area is 157 Å². The minimum absolute atomic E-state index is 0.0459. The van der Waals surface area contributed by atoms with Crippen molar-refractivity contribution >= 4 is 11.0 Å². The van der Waals surface area contributed by atoms with Gasteiger partial charge < -0.3 is 4.42 Å². The fourth-order valence-electron chi connectivity index (χ4n) is 3.16. The van der Waals surface area contributed by atoms with Crippen molar-refractivity contribution < 1.29 is 4.42 Å². The normalized spacial score (nSPS) is 10.6. The van der Waals surface area contributed by atoms with Crippen molar-refractivity contribution in [3.05, 3.63) is 88.0 Å². The molecule has 0 aliphatic heterocycles. The first-order valence-corrected chi connectivity index (χ1v) is 8.82. The number of hydrogen-bond acceptors (Lipinski definition) is 3. The minimum Gasteiger partial charge on any atom is -0.460 e. The van der Waals surface area contributed by atoms with Gasteiger partial charge in [-0.2, -0.15) is 5.10 Å². The molecule has 2 aromatic carbocycles. The summed E-state index contributed by atoms with van der Waals surface area (Å²) in [5.74, 6) is 6.88. The minimum atomic E-state index is -0.0459. The van der Waals surface area contributed by atoms with Crippen LogP contribution in [0, 0.1) is 11.8 Å². The molecule has 2 aromatic heterocycles. The molecule has 132 valence electrons. The lowest BCUT2D eigenvalue weighted by atomic mass is 9.99. The van der Waals surface area contributed by atoms with Gasteiger partial charge in [-0.05, 0) is 17.7 Å². The van der Waals surface area contributed by atoms with Gasteiger partial charge in [-0.25, -0.2) is 0 Å². The molecular formula is C23H18N2O2. The molecule has 2 heterocycles. The molecule has 0 fully saturated rings. The van der Waals surface area contributed by atoms with Crippen LogP contribution in [-0.4, -0.2) is 9.78 Å². The van der Waals surface area contributed by atoms with Crippen LogP contribution in [0.2, 0.25) is 0 Å². The van der Waals surface area contributed by atoms with Crippen LogP contribution in [-0.2, 0) is 13.5 Å². The van der Waals surface area contributed by atoms with Crippen molar-refractivity contribution in [2.75, 3.05) is 0 Å². The van der Waals surface area contributed by atoms with Crippen LogP contribution in [0.5, 0.6) is 0 Å². The summed E-state index contributed by atoms with van der Waals surface area (Å²) in [6, 6.07) is 15.2. The average Bonchev–Trinajstić information content (AvgIpc) is 3.11. The lowest BCUT2D eigenvalue weighted by Gasteiger charge is -2.09. The van der Waals surface area contributed by atoms with Crippen LogP contribution in [0.4, 0.5) is 0 Å². The number of nitrogens with zero attached hydrogens (tertiary/aromatic N) is 2. The molecule has 0 amide bonds. The van der Waals surface area contributed by atoms with E-state index >= 15 is 0 Å². The molecule has 27 heavy (non-hydrogen) atoms. The number of aryl methyl sites for hydroxylation is 2. The third-order valence-electron chi connectivity index (χ3n) is 4.42. The van der Waals surface area contributed by atoms with Crippen LogP contribution in [0.1, 0.15) is 23.8 Å². The Morgan fingerprint density at radius 2 is 1.89 bits per heavy atom. The molecular weight excluding hydrogens is 336 g/mol. The number of aromatic nitrogens is 2. The van der Waals surface area contributed by atoms with E-state index in [1.807, 2.05) is 68.7 Å². The zero-order chi connectivity index (χ0) is 18.8. The molecule has 0 aliphatic rings. The Kier molecular flexibility index (Phi) is 4.35. The molecule has 0 atom stereocenters. The molecule has 0 saturated heterocycles. The lowest BCUT2D eigenvalue weighted by molar-refractivity contribution is 0.546. The highest BCUT2D eigenvalue weighted by molar-refractivity contribution is 5.88. The molecule has 4 rings (SSSR count). The van der Waals surface area contributed by atoms with Gasteiger partial charge in [0.25, 0.3) is 0 Å². The molecule has 4 nitrogen and oxygen atoms in total. The molecule has 0 aliphatic carbocycles. The van der Waals surface area contributed by atoms with Crippen molar-refractivity contribution in [3.8, 4) is 23.0 Å². The van der Waals surface area contributed by atoms with E-state index in [2.05, 4.69) is 16.9 Å². The summed E-state index contributed by atoms with van der Waals surface area (Å²) in [5.41, 5.74) is 3.45. The topological polar surface area (TPSA) is 48.0 Å². The Balaban J connectivity index is 1.98. The number of hydrogen-bond donors (Lipinski definition) is 0. The van der Waals surface area contributed by atoms with Crippen LogP contribution >= 0.6 is 0 Å². The van der Waals surface area contributed by atoms with Crippen molar-refractivity contribution in [1.82, 2.24) is 9.78 Å². The van der Waals surface area contributed by atoms with Crippen molar-refractivity contribution in [2.24, 2.45) is 7.05 Å². The van der Waals surface area contributed by atoms with Gasteiger partial charge in [0.15, 0.2) is 0 Å². The molecule has 4 heteroatoms. The Bertz CT molecular complexity index is 1240. The maximum atomic E-state index is 13.4. The zero-order valence-corrected chi connectivity index (χ0v) is 15.2. The van der Waals surface area contributed by atoms with Crippen molar-refractivity contribution in [1.29, 1.82) is 0 Å². The maximum absolute atomic E-state index is 13.4. The fourth-order valence-corrected chi connectivity index (χ4v) is 3.16. The number of rotatable bonds is 2. The third kappa shape index (κ3) is 3.16. The summed E-state index contributed by atoms with van der Waals surface area (Å²) in [6.07, 6.45) is 4.18. The second kappa shape index (κ2) is 6.97. The van der Waals surface area contributed by atoms with E-state index in [0.717, 1.165) is 11.1 Å². The van der Waals surface area contributed by atoms with Crippen molar-refractivity contribution in [2.45, 2.75) is 13.3 Å². The number of fused-ring (bicyclic) bond motifs is 1. The predicted octanol–water partition coefficient (Wildman–Crippen LogP) is 4.16. The van der Waals surface area contributed by atoms with E-state index in [-0.39, 0.29) is 5.43 Å². The Hall–Kier alpha value is -3.58. The SMILES string of the molecule is CCc1oc2cccc(C#Cc3cnn(C)c3)c2c(=O)c1-c1ccccc1. The van der Waals surface area contributed by atoms with Gasteiger partial charge in [0.2, 0.25) is 5.43 Å². The molecule has 4 aromatic rings. The monoisotopic (exact) mass is 354 g/mol. The second-order valence-electron chi connectivity index (χ2n) is 6.28. The van der Waals surface area contributed by atoms with Gasteiger partial charge >= 0.3 is 0 Å². The smallest absolute Gasteiger partial charge is 0.202 e. The Morgan fingerprint density at radius 3 is 2.59 bits per heavy atom. The van der Waals surface area contributed by atoms with Gasteiger partial charge in [0, 0.05) is 25.2 Å². The van der Waals surface area contributed by atoms with E-state index in [1.165, 1.54) is 0 Å². The first-order chi connectivity index (χ1) is 13.2. The molecule has 0 spiro atoms. The number of benzene rings is 2. The fraction of sp³-hybridized carbons (Fsp3) is 0.130. The van der Waals surface area contributed by atoms with Crippen LogP contribution in [0.3, 0.4) is 0 Å². The predicted molar refractivity (Wildman–Crippen MR) is 106 cm³/mol. The summed E-state index contributed by atoms with van der Waals surface area (Å²) >= 11 is 0. The van der Waals surface area contributed by atoms with Gasteiger partial charge in [0.05, 0.1) is 22.7 Å².